The largest absolute Gasteiger partial charge is 0.459 e. The number of nitrogens with zero attached hydrogens (tertiary/aromatic N) is 1. The van der Waals surface area contributed by atoms with E-state index in [2.05, 4.69) is 10.3 Å². The van der Waals surface area contributed by atoms with Crippen LogP contribution in [0.25, 0.3) is 10.2 Å². The van der Waals surface area contributed by atoms with Crippen molar-refractivity contribution in [2.75, 3.05) is 6.54 Å². The van der Waals surface area contributed by atoms with Crippen molar-refractivity contribution in [3.63, 3.8) is 0 Å². The summed E-state index contributed by atoms with van der Waals surface area (Å²) in [5.41, 5.74) is 1.28. The van der Waals surface area contributed by atoms with Gasteiger partial charge in [-0.05, 0) is 30.3 Å². The van der Waals surface area contributed by atoms with Gasteiger partial charge < -0.3 is 9.73 Å². The molecule has 148 valence electrons. The van der Waals surface area contributed by atoms with Crippen molar-refractivity contribution in [3.8, 4) is 0 Å². The van der Waals surface area contributed by atoms with E-state index in [4.69, 9.17) is 4.42 Å². The standard InChI is InChI=1S/C21H18N2O4S2/c24-21(22-12-10-19-23-17-8-4-5-9-18(17)28-19)20-15(11-13-27-20)14-29(25,26)16-6-2-1-3-7-16/h1-9,11,13H,10,12,14H2,(H,22,24). The number of sulfone groups is 1. The molecule has 0 saturated carbocycles. The summed E-state index contributed by atoms with van der Waals surface area (Å²) < 4.78 is 31.5. The van der Waals surface area contributed by atoms with Gasteiger partial charge >= 0.3 is 0 Å². The highest BCUT2D eigenvalue weighted by molar-refractivity contribution is 7.90. The molecule has 4 aromatic rings. The van der Waals surface area contributed by atoms with Crippen LogP contribution in [0.2, 0.25) is 0 Å². The molecule has 0 aliphatic carbocycles. The average molecular weight is 427 g/mol. The molecule has 0 aliphatic heterocycles. The van der Waals surface area contributed by atoms with Crippen LogP contribution in [-0.2, 0) is 22.0 Å². The third-order valence-corrected chi connectivity index (χ3v) is 7.14. The van der Waals surface area contributed by atoms with Crippen molar-refractivity contribution in [1.29, 1.82) is 0 Å². The molecule has 29 heavy (non-hydrogen) atoms. The molecule has 4 rings (SSSR count). The Bertz CT molecular complexity index is 1210. The lowest BCUT2D eigenvalue weighted by Crippen LogP contribution is -2.26. The zero-order valence-electron chi connectivity index (χ0n) is 15.4. The van der Waals surface area contributed by atoms with E-state index < -0.39 is 15.7 Å². The molecule has 0 radical (unpaired) electrons. The third kappa shape index (κ3) is 4.38. The van der Waals surface area contributed by atoms with Gasteiger partial charge in [0.25, 0.3) is 5.91 Å². The Balaban J connectivity index is 1.40. The van der Waals surface area contributed by atoms with Gasteiger partial charge in [0, 0.05) is 18.5 Å². The maximum Gasteiger partial charge on any atom is 0.287 e. The highest BCUT2D eigenvalue weighted by atomic mass is 32.2. The van der Waals surface area contributed by atoms with E-state index in [1.807, 2.05) is 24.3 Å². The van der Waals surface area contributed by atoms with Crippen LogP contribution in [0.4, 0.5) is 0 Å². The second-order valence-electron chi connectivity index (χ2n) is 6.43. The van der Waals surface area contributed by atoms with Gasteiger partial charge in [-0.1, -0.05) is 30.3 Å². The first-order chi connectivity index (χ1) is 14.0. The van der Waals surface area contributed by atoms with E-state index in [1.54, 1.807) is 29.5 Å². The van der Waals surface area contributed by atoms with Gasteiger partial charge in [0.05, 0.1) is 32.1 Å². The number of amides is 1. The maximum absolute atomic E-state index is 12.6. The fourth-order valence-electron chi connectivity index (χ4n) is 2.95. The number of thiazole rings is 1. The number of benzene rings is 2. The smallest absolute Gasteiger partial charge is 0.287 e. The lowest BCUT2D eigenvalue weighted by Gasteiger charge is -2.06. The van der Waals surface area contributed by atoms with Crippen molar-refractivity contribution in [3.05, 3.63) is 83.3 Å². The highest BCUT2D eigenvalue weighted by Gasteiger charge is 2.22. The van der Waals surface area contributed by atoms with Crippen molar-refractivity contribution < 1.29 is 17.6 Å². The first-order valence-electron chi connectivity index (χ1n) is 9.00. The predicted molar refractivity (Wildman–Crippen MR) is 112 cm³/mol. The minimum absolute atomic E-state index is 0.0220. The van der Waals surface area contributed by atoms with E-state index in [1.165, 1.54) is 24.5 Å². The fourth-order valence-corrected chi connectivity index (χ4v) is 5.30. The van der Waals surface area contributed by atoms with Crippen LogP contribution in [0.5, 0.6) is 0 Å². The average Bonchev–Trinajstić information content (AvgIpc) is 3.34. The molecule has 0 atom stereocenters. The van der Waals surface area contributed by atoms with E-state index in [9.17, 15) is 13.2 Å². The fraction of sp³-hybridized carbons (Fsp3) is 0.143. The Kier molecular flexibility index (Phi) is 5.46. The first kappa shape index (κ1) is 19.4. The van der Waals surface area contributed by atoms with E-state index in [-0.39, 0.29) is 16.4 Å². The third-order valence-electron chi connectivity index (χ3n) is 4.36. The summed E-state index contributed by atoms with van der Waals surface area (Å²) in [6.45, 7) is 0.379. The Morgan fingerprint density at radius 2 is 1.79 bits per heavy atom. The molecule has 2 heterocycles. The number of hydrogen-bond donors (Lipinski definition) is 1. The molecule has 0 saturated heterocycles. The molecule has 8 heteroatoms. The molecule has 0 aliphatic rings. The van der Waals surface area contributed by atoms with E-state index in [0.717, 1.165) is 15.2 Å². The van der Waals surface area contributed by atoms with Gasteiger partial charge in [0.2, 0.25) is 0 Å². The van der Waals surface area contributed by atoms with Crippen LogP contribution in [0, 0.1) is 0 Å². The maximum atomic E-state index is 12.6. The molecule has 1 N–H and O–H groups in total. The Hall–Kier alpha value is -2.97. The SMILES string of the molecule is O=C(NCCc1nc2ccccc2s1)c1occc1CS(=O)(=O)c1ccccc1. The van der Waals surface area contributed by atoms with Crippen molar-refractivity contribution in [2.45, 2.75) is 17.1 Å². The zero-order valence-corrected chi connectivity index (χ0v) is 17.0. The number of carbonyl (C=O) groups excluding carboxylic acids is 1. The van der Waals surface area contributed by atoms with Crippen molar-refractivity contribution in [2.24, 2.45) is 0 Å². The topological polar surface area (TPSA) is 89.3 Å². The molecule has 0 spiro atoms. The molecule has 0 fully saturated rings. The number of hydrogen-bond acceptors (Lipinski definition) is 6. The van der Waals surface area contributed by atoms with Crippen LogP contribution >= 0.6 is 11.3 Å². The number of furan rings is 1. The molecule has 6 nitrogen and oxygen atoms in total. The van der Waals surface area contributed by atoms with Gasteiger partial charge in [-0.15, -0.1) is 11.3 Å². The molecule has 1 amide bonds. The van der Waals surface area contributed by atoms with Crippen molar-refractivity contribution >= 4 is 37.3 Å². The number of carbonyl (C=O) groups is 1. The van der Waals surface area contributed by atoms with Crippen LogP contribution in [-0.4, -0.2) is 25.9 Å². The second kappa shape index (κ2) is 8.18. The molecule has 0 bridgehead atoms. The van der Waals surface area contributed by atoms with Crippen molar-refractivity contribution in [1.82, 2.24) is 10.3 Å². The van der Waals surface area contributed by atoms with E-state index in [0.29, 0.717) is 18.5 Å². The number of rotatable bonds is 7. The normalized spacial score (nSPS) is 11.6. The highest BCUT2D eigenvalue weighted by Crippen LogP contribution is 2.22. The van der Waals surface area contributed by atoms with E-state index >= 15 is 0 Å². The molecule has 2 aromatic heterocycles. The predicted octanol–water partition coefficient (Wildman–Crippen LogP) is 3.84. The summed E-state index contributed by atoms with van der Waals surface area (Å²) >= 11 is 1.59. The zero-order chi connectivity index (χ0) is 20.3. The van der Waals surface area contributed by atoms with Crippen LogP contribution in [0.1, 0.15) is 21.1 Å². The Morgan fingerprint density at radius 3 is 2.59 bits per heavy atom. The lowest BCUT2D eigenvalue weighted by atomic mass is 10.2. The second-order valence-corrected chi connectivity index (χ2v) is 9.53. The summed E-state index contributed by atoms with van der Waals surface area (Å²) in [4.78, 5) is 17.2. The van der Waals surface area contributed by atoms with Gasteiger partial charge in [0.15, 0.2) is 15.6 Å². The first-order valence-corrected chi connectivity index (χ1v) is 11.5. The van der Waals surface area contributed by atoms with Gasteiger partial charge in [-0.3, -0.25) is 4.79 Å². The monoisotopic (exact) mass is 426 g/mol. The summed E-state index contributed by atoms with van der Waals surface area (Å²) in [7, 11) is -3.57. The summed E-state index contributed by atoms with van der Waals surface area (Å²) in [6, 6.07) is 17.5. The number of aromatic nitrogens is 1. The summed E-state index contributed by atoms with van der Waals surface area (Å²) in [6.07, 6.45) is 1.92. The quantitative estimate of drug-likeness (QED) is 0.485. The number of fused-ring (bicyclic) bond motifs is 1. The number of para-hydroxylation sites is 1. The van der Waals surface area contributed by atoms with Crippen LogP contribution < -0.4 is 5.32 Å². The Morgan fingerprint density at radius 1 is 1.03 bits per heavy atom. The molecule has 2 aromatic carbocycles. The minimum atomic E-state index is -3.57. The van der Waals surface area contributed by atoms with Gasteiger partial charge in [-0.25, -0.2) is 13.4 Å². The summed E-state index contributed by atoms with van der Waals surface area (Å²) in [5, 5.41) is 3.71. The molecule has 0 unspecified atom stereocenters. The van der Waals surface area contributed by atoms with Crippen LogP contribution in [0.3, 0.4) is 0 Å². The van der Waals surface area contributed by atoms with Gasteiger partial charge in [-0.2, -0.15) is 0 Å². The Labute approximate surface area is 172 Å². The molecular formula is C21H18N2O4S2. The minimum Gasteiger partial charge on any atom is -0.459 e. The van der Waals surface area contributed by atoms with Gasteiger partial charge in [0.1, 0.15) is 0 Å². The van der Waals surface area contributed by atoms with Crippen LogP contribution in [0.15, 0.2) is 76.2 Å². The summed E-state index contributed by atoms with van der Waals surface area (Å²) in [5.74, 6) is -0.711. The lowest BCUT2D eigenvalue weighted by molar-refractivity contribution is 0.0925. The number of nitrogens with one attached hydrogen (secondary N) is 1. The molecular weight excluding hydrogens is 408 g/mol.